The average Bonchev–Trinajstić information content (AvgIpc) is 2.74. The highest BCUT2D eigenvalue weighted by atomic mass is 19.2. The Morgan fingerprint density at radius 3 is 2.50 bits per heavy atom. The molecule has 0 aliphatic heterocycles. The van der Waals surface area contributed by atoms with Gasteiger partial charge in [0.2, 0.25) is 0 Å². The maximum atomic E-state index is 13.9. The second-order valence-electron chi connectivity index (χ2n) is 6.88. The van der Waals surface area contributed by atoms with Gasteiger partial charge in [0.25, 0.3) is 0 Å². The van der Waals surface area contributed by atoms with Gasteiger partial charge in [-0.25, -0.2) is 8.78 Å². The minimum atomic E-state index is -0.929. The lowest BCUT2D eigenvalue weighted by Gasteiger charge is -2.15. The summed E-state index contributed by atoms with van der Waals surface area (Å²) < 4.78 is 39.0. The van der Waals surface area contributed by atoms with Crippen molar-refractivity contribution in [3.05, 3.63) is 102 Å². The van der Waals surface area contributed by atoms with E-state index in [-0.39, 0.29) is 0 Å². The van der Waals surface area contributed by atoms with E-state index in [9.17, 15) is 8.78 Å². The molecule has 0 saturated carbocycles. The van der Waals surface area contributed by atoms with Crippen molar-refractivity contribution in [1.82, 2.24) is 4.98 Å². The van der Waals surface area contributed by atoms with Crippen LogP contribution in [0.15, 0.2) is 85.3 Å². The van der Waals surface area contributed by atoms with Crippen molar-refractivity contribution >= 4 is 10.9 Å². The fraction of sp³-hybridized carbons (Fsp3) is 0.0800. The molecular weight excluding hydrogens is 384 g/mol. The first-order chi connectivity index (χ1) is 14.5. The Bertz CT molecular complexity index is 1220. The molecule has 0 aliphatic carbocycles. The molecule has 4 rings (SSSR count). The molecule has 0 atom stereocenters. The molecule has 30 heavy (non-hydrogen) atoms. The fourth-order valence-electron chi connectivity index (χ4n) is 3.20. The van der Waals surface area contributed by atoms with Gasteiger partial charge in [-0.2, -0.15) is 0 Å². The Morgan fingerprint density at radius 2 is 1.77 bits per heavy atom. The zero-order valence-corrected chi connectivity index (χ0v) is 16.4. The molecule has 0 fully saturated rings. The molecule has 4 aromatic rings. The van der Waals surface area contributed by atoms with E-state index in [0.29, 0.717) is 40.5 Å². The number of nitrogens with zero attached hydrogens (tertiary/aromatic N) is 1. The van der Waals surface area contributed by atoms with Crippen LogP contribution in [-0.4, -0.2) is 4.98 Å². The van der Waals surface area contributed by atoms with Gasteiger partial charge in [-0.3, -0.25) is 4.98 Å². The number of pyridine rings is 1. The van der Waals surface area contributed by atoms with Crippen LogP contribution in [-0.2, 0) is 6.61 Å². The SMILES string of the molecule is C=C(C)Oc1cnc2cc(OCc3ccccc3)ccc2c1-c1ccc(F)c(F)c1. The van der Waals surface area contributed by atoms with Crippen LogP contribution in [0.4, 0.5) is 8.78 Å². The average molecular weight is 403 g/mol. The van der Waals surface area contributed by atoms with Gasteiger partial charge in [-0.1, -0.05) is 43.0 Å². The molecule has 0 bridgehead atoms. The van der Waals surface area contributed by atoms with Crippen molar-refractivity contribution < 1.29 is 18.3 Å². The van der Waals surface area contributed by atoms with Gasteiger partial charge >= 0.3 is 0 Å². The van der Waals surface area contributed by atoms with Crippen LogP contribution in [0.3, 0.4) is 0 Å². The van der Waals surface area contributed by atoms with Crippen molar-refractivity contribution in [2.24, 2.45) is 0 Å². The van der Waals surface area contributed by atoms with E-state index in [0.717, 1.165) is 23.1 Å². The van der Waals surface area contributed by atoms with Gasteiger partial charge in [0.15, 0.2) is 17.4 Å². The molecule has 0 unspecified atom stereocenters. The van der Waals surface area contributed by atoms with Crippen molar-refractivity contribution in [3.63, 3.8) is 0 Å². The molecule has 0 radical (unpaired) electrons. The topological polar surface area (TPSA) is 31.4 Å². The van der Waals surface area contributed by atoms with Crippen molar-refractivity contribution in [2.75, 3.05) is 0 Å². The van der Waals surface area contributed by atoms with Gasteiger partial charge in [-0.15, -0.1) is 0 Å². The standard InChI is InChI=1S/C25H19F2NO2/c1-16(2)30-24-14-28-23-13-19(29-15-17-6-4-3-5-7-17)9-10-20(23)25(24)18-8-11-21(26)22(27)12-18/h3-14H,1,15H2,2H3. The van der Waals surface area contributed by atoms with Crippen LogP contribution in [0.1, 0.15) is 12.5 Å². The monoisotopic (exact) mass is 403 g/mol. The molecule has 1 heterocycles. The lowest BCUT2D eigenvalue weighted by molar-refractivity contribution is 0.306. The first-order valence-corrected chi connectivity index (χ1v) is 9.39. The van der Waals surface area contributed by atoms with Crippen LogP contribution < -0.4 is 9.47 Å². The predicted octanol–water partition coefficient (Wildman–Crippen LogP) is 6.67. The maximum Gasteiger partial charge on any atom is 0.159 e. The van der Waals surface area contributed by atoms with Gasteiger partial charge in [0.05, 0.1) is 17.5 Å². The van der Waals surface area contributed by atoms with E-state index in [1.54, 1.807) is 13.1 Å². The second kappa shape index (κ2) is 8.33. The van der Waals surface area contributed by atoms with Crippen molar-refractivity contribution in [3.8, 4) is 22.6 Å². The van der Waals surface area contributed by atoms with Gasteiger partial charge in [-0.05, 0) is 42.3 Å². The molecule has 5 heteroatoms. The highest BCUT2D eigenvalue weighted by Crippen LogP contribution is 2.38. The van der Waals surface area contributed by atoms with E-state index in [2.05, 4.69) is 11.6 Å². The lowest BCUT2D eigenvalue weighted by Crippen LogP contribution is -1.98. The molecule has 0 aliphatic rings. The van der Waals surface area contributed by atoms with Gasteiger partial charge in [0.1, 0.15) is 12.4 Å². The number of fused-ring (bicyclic) bond motifs is 1. The fourth-order valence-corrected chi connectivity index (χ4v) is 3.20. The number of allylic oxidation sites excluding steroid dienone is 1. The smallest absolute Gasteiger partial charge is 0.159 e. The summed E-state index contributed by atoms with van der Waals surface area (Å²) >= 11 is 0. The number of hydrogen-bond donors (Lipinski definition) is 0. The highest BCUT2D eigenvalue weighted by molar-refractivity contribution is 5.98. The molecule has 0 spiro atoms. The highest BCUT2D eigenvalue weighted by Gasteiger charge is 2.16. The summed E-state index contributed by atoms with van der Waals surface area (Å²) in [5, 5.41) is 0.729. The molecular formula is C25H19F2NO2. The molecule has 3 aromatic carbocycles. The summed E-state index contributed by atoms with van der Waals surface area (Å²) in [7, 11) is 0. The first-order valence-electron chi connectivity index (χ1n) is 9.39. The summed E-state index contributed by atoms with van der Waals surface area (Å²) in [6.45, 7) is 5.90. The molecule has 0 amide bonds. The van der Waals surface area contributed by atoms with E-state index >= 15 is 0 Å². The maximum absolute atomic E-state index is 13.9. The molecule has 0 N–H and O–H groups in total. The third kappa shape index (κ3) is 4.15. The summed E-state index contributed by atoms with van der Waals surface area (Å²) in [4.78, 5) is 4.46. The number of rotatable bonds is 6. The van der Waals surface area contributed by atoms with E-state index < -0.39 is 11.6 Å². The molecule has 150 valence electrons. The van der Waals surface area contributed by atoms with Crippen LogP contribution in [0.5, 0.6) is 11.5 Å². The van der Waals surface area contributed by atoms with E-state index in [4.69, 9.17) is 9.47 Å². The normalized spacial score (nSPS) is 10.8. The Morgan fingerprint density at radius 1 is 0.967 bits per heavy atom. The Hall–Kier alpha value is -3.73. The molecule has 3 nitrogen and oxygen atoms in total. The number of aromatic nitrogens is 1. The van der Waals surface area contributed by atoms with Crippen LogP contribution in [0.25, 0.3) is 22.0 Å². The number of ether oxygens (including phenoxy) is 2. The second-order valence-corrected chi connectivity index (χ2v) is 6.88. The van der Waals surface area contributed by atoms with Crippen molar-refractivity contribution in [2.45, 2.75) is 13.5 Å². The predicted molar refractivity (Wildman–Crippen MR) is 113 cm³/mol. The first kappa shape index (κ1) is 19.6. The Kier molecular flexibility index (Phi) is 5.44. The third-order valence-corrected chi connectivity index (χ3v) is 4.55. The number of hydrogen-bond acceptors (Lipinski definition) is 3. The number of benzene rings is 3. The zero-order chi connectivity index (χ0) is 21.1. The Balaban J connectivity index is 1.76. The summed E-state index contributed by atoms with van der Waals surface area (Å²) in [5.41, 5.74) is 2.79. The summed E-state index contributed by atoms with van der Waals surface area (Å²) in [6.07, 6.45) is 1.55. The minimum Gasteiger partial charge on any atom is -0.489 e. The van der Waals surface area contributed by atoms with Crippen LogP contribution in [0, 0.1) is 11.6 Å². The minimum absolute atomic E-state index is 0.416. The van der Waals surface area contributed by atoms with Gasteiger partial charge in [0, 0.05) is 17.0 Å². The third-order valence-electron chi connectivity index (χ3n) is 4.55. The largest absolute Gasteiger partial charge is 0.489 e. The summed E-state index contributed by atoms with van der Waals surface area (Å²) in [5.74, 6) is -0.303. The van der Waals surface area contributed by atoms with E-state index in [1.165, 1.54) is 6.07 Å². The summed E-state index contributed by atoms with van der Waals surface area (Å²) in [6, 6.07) is 19.1. The zero-order valence-electron chi connectivity index (χ0n) is 16.4. The molecule has 0 saturated heterocycles. The van der Waals surface area contributed by atoms with Crippen molar-refractivity contribution in [1.29, 1.82) is 0 Å². The lowest BCUT2D eigenvalue weighted by atomic mass is 10.00. The quantitative estimate of drug-likeness (QED) is 0.337. The van der Waals surface area contributed by atoms with Crippen LogP contribution >= 0.6 is 0 Å². The number of halogens is 2. The van der Waals surface area contributed by atoms with E-state index in [1.807, 2.05) is 48.5 Å². The van der Waals surface area contributed by atoms with Gasteiger partial charge < -0.3 is 9.47 Å². The molecule has 1 aromatic heterocycles. The van der Waals surface area contributed by atoms with Crippen LogP contribution in [0.2, 0.25) is 0 Å². The Labute approximate surface area is 173 Å².